The van der Waals surface area contributed by atoms with E-state index in [1.54, 1.807) is 19.2 Å². The summed E-state index contributed by atoms with van der Waals surface area (Å²) >= 11 is 0. The van der Waals surface area contributed by atoms with Gasteiger partial charge in [-0.25, -0.2) is 5.43 Å². The van der Waals surface area contributed by atoms with Gasteiger partial charge in [0.05, 0.1) is 19.9 Å². The maximum absolute atomic E-state index is 11.9. The van der Waals surface area contributed by atoms with E-state index in [4.69, 9.17) is 14.2 Å². The number of rotatable bonds is 10. The van der Waals surface area contributed by atoms with Gasteiger partial charge in [0.1, 0.15) is 5.75 Å². The SMILES string of the molecule is CCOc1ccc(/C=N\NC(=O)COc2ccc([C@@H](C)CC)cc2)cc1OC. The zero-order valence-corrected chi connectivity index (χ0v) is 16.9. The monoisotopic (exact) mass is 384 g/mol. The molecule has 28 heavy (non-hydrogen) atoms. The highest BCUT2D eigenvalue weighted by atomic mass is 16.5. The molecule has 150 valence electrons. The molecule has 0 aliphatic rings. The van der Waals surface area contributed by atoms with E-state index < -0.39 is 0 Å². The fraction of sp³-hybridized carbons (Fsp3) is 0.364. The highest BCUT2D eigenvalue weighted by Gasteiger charge is 2.06. The van der Waals surface area contributed by atoms with Crippen LogP contribution in [0.4, 0.5) is 0 Å². The van der Waals surface area contributed by atoms with Crippen LogP contribution >= 0.6 is 0 Å². The van der Waals surface area contributed by atoms with Crippen LogP contribution in [0.25, 0.3) is 0 Å². The second-order valence-electron chi connectivity index (χ2n) is 6.30. The molecule has 0 fully saturated rings. The molecule has 0 aromatic heterocycles. The molecule has 0 spiro atoms. The van der Waals surface area contributed by atoms with Crippen LogP contribution in [-0.4, -0.2) is 32.4 Å². The first-order valence-corrected chi connectivity index (χ1v) is 9.42. The summed E-state index contributed by atoms with van der Waals surface area (Å²) in [6, 6.07) is 13.2. The summed E-state index contributed by atoms with van der Waals surface area (Å²) in [6.45, 7) is 6.70. The minimum Gasteiger partial charge on any atom is -0.493 e. The first-order chi connectivity index (χ1) is 13.6. The molecule has 1 N–H and O–H groups in total. The largest absolute Gasteiger partial charge is 0.493 e. The lowest BCUT2D eigenvalue weighted by atomic mass is 9.99. The Bertz CT molecular complexity index is 788. The third kappa shape index (κ3) is 6.30. The van der Waals surface area contributed by atoms with Crippen LogP contribution in [0.1, 0.15) is 44.2 Å². The van der Waals surface area contributed by atoms with Crippen LogP contribution in [0.15, 0.2) is 47.6 Å². The zero-order chi connectivity index (χ0) is 20.4. The average molecular weight is 384 g/mol. The molecule has 0 saturated carbocycles. The molecule has 0 heterocycles. The highest BCUT2D eigenvalue weighted by Crippen LogP contribution is 2.27. The van der Waals surface area contributed by atoms with Crippen LogP contribution in [0.3, 0.4) is 0 Å². The van der Waals surface area contributed by atoms with Crippen LogP contribution < -0.4 is 19.6 Å². The smallest absolute Gasteiger partial charge is 0.277 e. The zero-order valence-electron chi connectivity index (χ0n) is 16.9. The normalized spacial score (nSPS) is 11.9. The number of nitrogens with one attached hydrogen (secondary N) is 1. The fourth-order valence-corrected chi connectivity index (χ4v) is 2.53. The summed E-state index contributed by atoms with van der Waals surface area (Å²) in [6.07, 6.45) is 2.62. The summed E-state index contributed by atoms with van der Waals surface area (Å²) < 4.78 is 16.3. The molecule has 0 radical (unpaired) electrons. The molecule has 0 aliphatic carbocycles. The molecule has 0 bridgehead atoms. The van der Waals surface area contributed by atoms with Crippen molar-refractivity contribution in [3.63, 3.8) is 0 Å². The molecule has 2 rings (SSSR count). The van der Waals surface area contributed by atoms with E-state index in [2.05, 4.69) is 24.4 Å². The van der Waals surface area contributed by atoms with Crippen molar-refractivity contribution < 1.29 is 19.0 Å². The second-order valence-corrected chi connectivity index (χ2v) is 6.30. The quantitative estimate of drug-likeness (QED) is 0.494. The molecule has 6 nitrogen and oxygen atoms in total. The van der Waals surface area contributed by atoms with Gasteiger partial charge in [0.15, 0.2) is 18.1 Å². The van der Waals surface area contributed by atoms with Crippen LogP contribution in [0.2, 0.25) is 0 Å². The van der Waals surface area contributed by atoms with Gasteiger partial charge in [-0.15, -0.1) is 0 Å². The Labute approximate surface area is 166 Å². The fourth-order valence-electron chi connectivity index (χ4n) is 2.53. The van der Waals surface area contributed by atoms with E-state index in [-0.39, 0.29) is 12.5 Å². The van der Waals surface area contributed by atoms with Crippen molar-refractivity contribution in [3.05, 3.63) is 53.6 Å². The maximum atomic E-state index is 11.9. The Hall–Kier alpha value is -3.02. The van der Waals surface area contributed by atoms with E-state index in [0.29, 0.717) is 29.8 Å². The molecule has 0 aliphatic heterocycles. The van der Waals surface area contributed by atoms with Crippen LogP contribution in [-0.2, 0) is 4.79 Å². The van der Waals surface area contributed by atoms with E-state index in [1.165, 1.54) is 11.8 Å². The number of nitrogens with zero attached hydrogens (tertiary/aromatic N) is 1. The first kappa shape index (κ1) is 21.3. The number of hydrazone groups is 1. The van der Waals surface area contributed by atoms with Crippen LogP contribution in [0, 0.1) is 0 Å². The number of carbonyl (C=O) groups is 1. The van der Waals surface area contributed by atoms with Gasteiger partial charge in [-0.1, -0.05) is 26.0 Å². The molecule has 0 unspecified atom stereocenters. The molecule has 2 aromatic rings. The number of carbonyl (C=O) groups excluding carboxylic acids is 1. The van der Waals surface area contributed by atoms with Gasteiger partial charge in [0, 0.05) is 0 Å². The lowest BCUT2D eigenvalue weighted by molar-refractivity contribution is -0.123. The maximum Gasteiger partial charge on any atom is 0.277 e. The Morgan fingerprint density at radius 2 is 1.86 bits per heavy atom. The predicted octanol–water partition coefficient (Wildman–Crippen LogP) is 4.14. The van der Waals surface area contributed by atoms with Crippen molar-refractivity contribution in [2.24, 2.45) is 5.10 Å². The Balaban J connectivity index is 1.83. The van der Waals surface area contributed by atoms with Crippen molar-refractivity contribution >= 4 is 12.1 Å². The number of benzene rings is 2. The van der Waals surface area contributed by atoms with Crippen molar-refractivity contribution in [1.29, 1.82) is 0 Å². The third-order valence-corrected chi connectivity index (χ3v) is 4.32. The summed E-state index contributed by atoms with van der Waals surface area (Å²) in [5, 5.41) is 3.95. The molecule has 1 atom stereocenters. The molecule has 6 heteroatoms. The predicted molar refractivity (Wildman–Crippen MR) is 111 cm³/mol. The van der Waals surface area contributed by atoms with Gasteiger partial charge in [-0.2, -0.15) is 5.10 Å². The third-order valence-electron chi connectivity index (χ3n) is 4.32. The van der Waals surface area contributed by atoms with Crippen molar-refractivity contribution in [2.75, 3.05) is 20.3 Å². The van der Waals surface area contributed by atoms with Crippen molar-refractivity contribution in [1.82, 2.24) is 5.43 Å². The number of methoxy groups -OCH3 is 1. The Kier molecular flexibility index (Phi) is 8.34. The molecular weight excluding hydrogens is 356 g/mol. The van der Waals surface area contributed by atoms with Gasteiger partial charge < -0.3 is 14.2 Å². The standard InChI is InChI=1S/C22H28N2O4/c1-5-16(3)18-8-10-19(11-9-18)28-15-22(25)24-23-14-17-7-12-20(27-6-2)21(13-17)26-4/h7-14,16H,5-6,15H2,1-4H3,(H,24,25)/b23-14-/t16-/m0/s1. The Morgan fingerprint density at radius 3 is 2.50 bits per heavy atom. The minimum atomic E-state index is -0.333. The summed E-state index contributed by atoms with van der Waals surface area (Å²) in [7, 11) is 1.58. The van der Waals surface area contributed by atoms with Crippen molar-refractivity contribution in [3.8, 4) is 17.2 Å². The van der Waals surface area contributed by atoms with Gasteiger partial charge in [-0.05, 0) is 60.7 Å². The lowest BCUT2D eigenvalue weighted by Crippen LogP contribution is -2.24. The molecular formula is C22H28N2O4. The molecule has 1 amide bonds. The van der Waals surface area contributed by atoms with Crippen molar-refractivity contribution in [2.45, 2.75) is 33.1 Å². The lowest BCUT2D eigenvalue weighted by Gasteiger charge is -2.10. The average Bonchev–Trinajstić information content (AvgIpc) is 2.73. The molecule has 2 aromatic carbocycles. The highest BCUT2D eigenvalue weighted by molar-refractivity contribution is 5.83. The number of hydrogen-bond donors (Lipinski definition) is 1. The van der Waals surface area contributed by atoms with Gasteiger partial charge in [0.25, 0.3) is 5.91 Å². The van der Waals surface area contributed by atoms with Gasteiger partial charge in [0.2, 0.25) is 0 Å². The number of amides is 1. The number of hydrogen-bond acceptors (Lipinski definition) is 5. The van der Waals surface area contributed by atoms with E-state index in [9.17, 15) is 4.79 Å². The minimum absolute atomic E-state index is 0.105. The van der Waals surface area contributed by atoms with Crippen LogP contribution in [0.5, 0.6) is 17.2 Å². The second kappa shape index (κ2) is 11.0. The topological polar surface area (TPSA) is 69.2 Å². The van der Waals surface area contributed by atoms with E-state index >= 15 is 0 Å². The van der Waals surface area contributed by atoms with E-state index in [1.807, 2.05) is 37.3 Å². The summed E-state index contributed by atoms with van der Waals surface area (Å²) in [5.74, 6) is 2.11. The van der Waals surface area contributed by atoms with Gasteiger partial charge in [-0.3, -0.25) is 4.79 Å². The first-order valence-electron chi connectivity index (χ1n) is 9.42. The molecule has 0 saturated heterocycles. The van der Waals surface area contributed by atoms with Gasteiger partial charge >= 0.3 is 0 Å². The Morgan fingerprint density at radius 1 is 1.11 bits per heavy atom. The summed E-state index contributed by atoms with van der Waals surface area (Å²) in [4.78, 5) is 11.9. The summed E-state index contributed by atoms with van der Waals surface area (Å²) in [5.41, 5.74) is 4.49. The van der Waals surface area contributed by atoms with E-state index in [0.717, 1.165) is 12.0 Å². The number of ether oxygens (including phenoxy) is 3.